The van der Waals surface area contributed by atoms with Gasteiger partial charge in [0.25, 0.3) is 0 Å². The van der Waals surface area contributed by atoms with Gasteiger partial charge in [0.05, 0.1) is 12.2 Å². The smallest absolute Gasteiger partial charge is 0.149 e. The molecule has 0 bridgehead atoms. The van der Waals surface area contributed by atoms with Crippen LogP contribution in [0.25, 0.3) is 6.20 Å². The van der Waals surface area contributed by atoms with Gasteiger partial charge in [0.1, 0.15) is 11.6 Å². The molecule has 6 nitrogen and oxygen atoms in total. The van der Waals surface area contributed by atoms with Crippen LogP contribution in [-0.4, -0.2) is 24.5 Å². The fourth-order valence-corrected chi connectivity index (χ4v) is 2.42. The lowest BCUT2D eigenvalue weighted by atomic mass is 10.3. The van der Waals surface area contributed by atoms with Crippen molar-refractivity contribution in [1.29, 1.82) is 0 Å². The molecule has 2 aromatic heterocycles. The normalized spacial score (nSPS) is 15.4. The zero-order valence-corrected chi connectivity index (χ0v) is 11.1. The maximum atomic E-state index is 4.28. The average molecular weight is 258 g/mol. The maximum Gasteiger partial charge on any atom is 0.149 e. The lowest BCUT2D eigenvalue weighted by Gasteiger charge is -2.12. The van der Waals surface area contributed by atoms with Crippen molar-refractivity contribution in [3.63, 3.8) is 0 Å². The van der Waals surface area contributed by atoms with Gasteiger partial charge in [-0.2, -0.15) is 5.10 Å². The fraction of sp³-hybridized carbons (Fsp3) is 0.462. The summed E-state index contributed by atoms with van der Waals surface area (Å²) in [4.78, 5) is 0. The van der Waals surface area contributed by atoms with E-state index in [1.165, 1.54) is 6.42 Å². The van der Waals surface area contributed by atoms with Gasteiger partial charge in [0, 0.05) is 37.5 Å². The van der Waals surface area contributed by atoms with Gasteiger partial charge < -0.3 is 9.88 Å². The summed E-state index contributed by atoms with van der Waals surface area (Å²) in [6.45, 7) is 7.60. The molecule has 3 heterocycles. The Hall–Kier alpha value is -1.95. The molecule has 1 aliphatic heterocycles. The first kappa shape index (κ1) is 12.1. The number of rotatable bonds is 5. The molecule has 1 unspecified atom stereocenters. The standard InChI is InChI=1S/C13H18N6/c1-3-18-9-11(8-15-18)7-14-10(2)13-17-16-12-5-4-6-19(12)13/h3,8-10,14H,1,4-7H2,2H3. The second-order valence-electron chi connectivity index (χ2n) is 4.84. The molecule has 3 rings (SSSR count). The molecule has 6 heteroatoms. The molecule has 0 aromatic carbocycles. The van der Waals surface area contributed by atoms with Gasteiger partial charge in [-0.15, -0.1) is 10.2 Å². The molecule has 0 fully saturated rings. The predicted molar refractivity (Wildman–Crippen MR) is 72.2 cm³/mol. The zero-order valence-electron chi connectivity index (χ0n) is 11.1. The van der Waals surface area contributed by atoms with Crippen LogP contribution < -0.4 is 5.32 Å². The third-order valence-corrected chi connectivity index (χ3v) is 3.48. The Morgan fingerprint density at radius 1 is 1.53 bits per heavy atom. The summed E-state index contributed by atoms with van der Waals surface area (Å²) in [6, 6.07) is 0.187. The minimum atomic E-state index is 0.187. The molecule has 0 aliphatic carbocycles. The van der Waals surface area contributed by atoms with Crippen molar-refractivity contribution in [2.45, 2.75) is 38.9 Å². The fourth-order valence-electron chi connectivity index (χ4n) is 2.42. The topological polar surface area (TPSA) is 60.6 Å². The first-order chi connectivity index (χ1) is 9.28. The summed E-state index contributed by atoms with van der Waals surface area (Å²) in [6.07, 6.45) is 7.71. The van der Waals surface area contributed by atoms with E-state index in [2.05, 4.69) is 38.7 Å². The summed E-state index contributed by atoms with van der Waals surface area (Å²) >= 11 is 0. The summed E-state index contributed by atoms with van der Waals surface area (Å²) in [5.74, 6) is 2.15. The van der Waals surface area contributed by atoms with Crippen LogP contribution in [0.3, 0.4) is 0 Å². The second-order valence-corrected chi connectivity index (χ2v) is 4.84. The first-order valence-electron chi connectivity index (χ1n) is 6.59. The van der Waals surface area contributed by atoms with Crippen LogP contribution in [0.15, 0.2) is 19.0 Å². The number of nitrogens with zero attached hydrogens (tertiary/aromatic N) is 5. The Bertz CT molecular complexity index is 582. The van der Waals surface area contributed by atoms with Crippen molar-refractivity contribution in [3.05, 3.63) is 36.2 Å². The number of hydrogen-bond acceptors (Lipinski definition) is 4. The lowest BCUT2D eigenvalue weighted by Crippen LogP contribution is -2.21. The Kier molecular flexibility index (Phi) is 3.16. The van der Waals surface area contributed by atoms with E-state index in [0.29, 0.717) is 0 Å². The summed E-state index contributed by atoms with van der Waals surface area (Å²) < 4.78 is 3.93. The highest BCUT2D eigenvalue weighted by atomic mass is 15.3. The lowest BCUT2D eigenvalue weighted by molar-refractivity contribution is 0.516. The quantitative estimate of drug-likeness (QED) is 0.880. The maximum absolute atomic E-state index is 4.28. The third kappa shape index (κ3) is 2.31. The Morgan fingerprint density at radius 3 is 3.21 bits per heavy atom. The third-order valence-electron chi connectivity index (χ3n) is 3.48. The minimum Gasteiger partial charge on any atom is -0.314 e. The molecule has 0 amide bonds. The number of fused-ring (bicyclic) bond motifs is 1. The number of hydrogen-bond donors (Lipinski definition) is 1. The number of aromatic nitrogens is 5. The summed E-state index contributed by atoms with van der Waals surface area (Å²) in [5, 5.41) is 16.1. The molecule has 0 spiro atoms. The highest BCUT2D eigenvalue weighted by molar-refractivity contribution is 5.17. The van der Waals surface area contributed by atoms with Gasteiger partial charge in [-0.1, -0.05) is 6.58 Å². The minimum absolute atomic E-state index is 0.187. The van der Waals surface area contributed by atoms with E-state index in [1.54, 1.807) is 10.9 Å². The largest absolute Gasteiger partial charge is 0.314 e. The number of aryl methyl sites for hydroxylation is 1. The van der Waals surface area contributed by atoms with Gasteiger partial charge >= 0.3 is 0 Å². The molecule has 0 radical (unpaired) electrons. The summed E-state index contributed by atoms with van der Waals surface area (Å²) in [7, 11) is 0. The van der Waals surface area contributed by atoms with E-state index in [1.807, 2.05) is 12.4 Å². The molecule has 0 saturated carbocycles. The SMILES string of the molecule is C=Cn1cc(CNC(C)c2nnc3n2CCC3)cn1. The molecule has 1 N–H and O–H groups in total. The van der Waals surface area contributed by atoms with Gasteiger partial charge in [0.2, 0.25) is 0 Å². The van der Waals surface area contributed by atoms with Crippen molar-refractivity contribution in [1.82, 2.24) is 29.9 Å². The van der Waals surface area contributed by atoms with Crippen LogP contribution in [0.1, 0.15) is 36.6 Å². The monoisotopic (exact) mass is 258 g/mol. The molecule has 0 saturated heterocycles. The molecule has 1 aliphatic rings. The molecule has 2 aromatic rings. The first-order valence-corrected chi connectivity index (χ1v) is 6.59. The average Bonchev–Trinajstić information content (AvgIpc) is 3.11. The molecule has 100 valence electrons. The van der Waals surface area contributed by atoms with E-state index < -0.39 is 0 Å². The van der Waals surface area contributed by atoms with Gasteiger partial charge in [-0.05, 0) is 13.3 Å². The van der Waals surface area contributed by atoms with Crippen molar-refractivity contribution in [3.8, 4) is 0 Å². The van der Waals surface area contributed by atoms with E-state index in [0.717, 1.165) is 36.7 Å². The Labute approximate surface area is 112 Å². The van der Waals surface area contributed by atoms with E-state index in [9.17, 15) is 0 Å². The van der Waals surface area contributed by atoms with Crippen LogP contribution in [0, 0.1) is 0 Å². The van der Waals surface area contributed by atoms with E-state index in [-0.39, 0.29) is 6.04 Å². The van der Waals surface area contributed by atoms with Crippen LogP contribution in [0.5, 0.6) is 0 Å². The van der Waals surface area contributed by atoms with E-state index in [4.69, 9.17) is 0 Å². The number of nitrogens with one attached hydrogen (secondary N) is 1. The van der Waals surface area contributed by atoms with Crippen LogP contribution in [0.4, 0.5) is 0 Å². The summed E-state index contributed by atoms with van der Waals surface area (Å²) in [5.41, 5.74) is 1.13. The molecular weight excluding hydrogens is 240 g/mol. The van der Waals surface area contributed by atoms with Crippen molar-refractivity contribution >= 4 is 6.20 Å². The highest BCUT2D eigenvalue weighted by Gasteiger charge is 2.20. The molecule has 1 atom stereocenters. The van der Waals surface area contributed by atoms with Gasteiger partial charge in [-0.3, -0.25) is 0 Å². The van der Waals surface area contributed by atoms with Crippen LogP contribution in [-0.2, 0) is 19.5 Å². The van der Waals surface area contributed by atoms with Crippen LogP contribution >= 0.6 is 0 Å². The van der Waals surface area contributed by atoms with Gasteiger partial charge in [-0.25, -0.2) is 4.68 Å². The van der Waals surface area contributed by atoms with Crippen molar-refractivity contribution in [2.75, 3.05) is 0 Å². The van der Waals surface area contributed by atoms with Gasteiger partial charge in [0.15, 0.2) is 0 Å². The van der Waals surface area contributed by atoms with E-state index >= 15 is 0 Å². The van der Waals surface area contributed by atoms with Crippen molar-refractivity contribution in [2.24, 2.45) is 0 Å². The second kappa shape index (κ2) is 4.97. The molecule has 19 heavy (non-hydrogen) atoms. The zero-order chi connectivity index (χ0) is 13.2. The highest BCUT2D eigenvalue weighted by Crippen LogP contribution is 2.19. The predicted octanol–water partition coefficient (Wildman–Crippen LogP) is 1.37. The van der Waals surface area contributed by atoms with Crippen LogP contribution in [0.2, 0.25) is 0 Å². The Morgan fingerprint density at radius 2 is 2.42 bits per heavy atom. The van der Waals surface area contributed by atoms with Crippen molar-refractivity contribution < 1.29 is 0 Å². The Balaban J connectivity index is 1.64. The molecular formula is C13H18N6.